The number of carbonyl (C=O) groups is 1. The van der Waals surface area contributed by atoms with E-state index in [0.29, 0.717) is 6.42 Å². The first-order valence-corrected chi connectivity index (χ1v) is 4.79. The quantitative estimate of drug-likeness (QED) is 0.693. The van der Waals surface area contributed by atoms with Gasteiger partial charge in [-0.1, -0.05) is 5.21 Å². The van der Waals surface area contributed by atoms with Crippen molar-refractivity contribution in [2.75, 3.05) is 6.61 Å². The minimum atomic E-state index is -0.396. The number of aliphatic hydroxyl groups is 1. The Morgan fingerprint density at radius 2 is 2.33 bits per heavy atom. The molecule has 1 aromatic heterocycles. The molecule has 0 aliphatic heterocycles. The number of carbonyl (C=O) groups excluding carboxylic acids is 1. The summed E-state index contributed by atoms with van der Waals surface area (Å²) in [7, 11) is 0. The lowest BCUT2D eigenvalue weighted by Crippen LogP contribution is -2.45. The first kappa shape index (κ1) is 11.6. The highest BCUT2D eigenvalue weighted by Gasteiger charge is 2.19. The van der Waals surface area contributed by atoms with Gasteiger partial charge in [0.05, 0.1) is 6.20 Å². The zero-order valence-corrected chi connectivity index (χ0v) is 8.97. The van der Waals surface area contributed by atoms with E-state index in [0.717, 1.165) is 0 Å². The van der Waals surface area contributed by atoms with Gasteiger partial charge < -0.3 is 10.4 Å². The van der Waals surface area contributed by atoms with Crippen LogP contribution in [0.3, 0.4) is 0 Å². The maximum Gasteiger partial charge on any atom is 0.242 e. The summed E-state index contributed by atoms with van der Waals surface area (Å²) in [6, 6.07) is 0. The van der Waals surface area contributed by atoms with Crippen LogP contribution in [0.2, 0.25) is 0 Å². The molecular weight excluding hydrogens is 196 g/mol. The second-order valence-corrected chi connectivity index (χ2v) is 4.01. The predicted octanol–water partition coefficient (Wildman–Crippen LogP) is -0.445. The maximum absolute atomic E-state index is 11.5. The number of hydrogen-bond acceptors (Lipinski definition) is 4. The second-order valence-electron chi connectivity index (χ2n) is 4.01. The van der Waals surface area contributed by atoms with Crippen LogP contribution in [-0.4, -0.2) is 38.2 Å². The van der Waals surface area contributed by atoms with Gasteiger partial charge >= 0.3 is 0 Å². The lowest BCUT2D eigenvalue weighted by molar-refractivity contribution is -0.123. The summed E-state index contributed by atoms with van der Waals surface area (Å²) >= 11 is 0. The average Bonchev–Trinajstić information content (AvgIpc) is 2.54. The number of nitrogens with one attached hydrogen (secondary N) is 1. The molecule has 6 nitrogen and oxygen atoms in total. The van der Waals surface area contributed by atoms with Crippen molar-refractivity contribution in [2.24, 2.45) is 0 Å². The summed E-state index contributed by atoms with van der Waals surface area (Å²) in [6.07, 6.45) is 3.67. The third-order valence-corrected chi connectivity index (χ3v) is 1.99. The van der Waals surface area contributed by atoms with Gasteiger partial charge in [0.15, 0.2) is 0 Å². The van der Waals surface area contributed by atoms with E-state index in [1.807, 2.05) is 13.8 Å². The van der Waals surface area contributed by atoms with Crippen LogP contribution in [0.1, 0.15) is 20.3 Å². The third-order valence-electron chi connectivity index (χ3n) is 1.99. The van der Waals surface area contributed by atoms with Gasteiger partial charge in [0.25, 0.3) is 0 Å². The van der Waals surface area contributed by atoms with Crippen molar-refractivity contribution >= 4 is 5.91 Å². The van der Waals surface area contributed by atoms with Gasteiger partial charge in [0.1, 0.15) is 6.54 Å². The average molecular weight is 212 g/mol. The highest BCUT2D eigenvalue weighted by Crippen LogP contribution is 2.06. The molecule has 0 aliphatic carbocycles. The Morgan fingerprint density at radius 3 is 2.87 bits per heavy atom. The van der Waals surface area contributed by atoms with E-state index in [1.54, 1.807) is 6.20 Å². The Labute approximate surface area is 88.3 Å². The molecule has 0 spiro atoms. The molecule has 0 radical (unpaired) electrons. The fourth-order valence-corrected chi connectivity index (χ4v) is 1.22. The van der Waals surface area contributed by atoms with Crippen molar-refractivity contribution < 1.29 is 9.90 Å². The zero-order valence-electron chi connectivity index (χ0n) is 8.97. The van der Waals surface area contributed by atoms with E-state index in [9.17, 15) is 4.79 Å². The first-order valence-electron chi connectivity index (χ1n) is 4.79. The van der Waals surface area contributed by atoms with Crippen LogP contribution in [0.5, 0.6) is 0 Å². The normalized spacial score (nSPS) is 11.4. The van der Waals surface area contributed by atoms with Crippen molar-refractivity contribution in [3.63, 3.8) is 0 Å². The van der Waals surface area contributed by atoms with Crippen LogP contribution in [0.4, 0.5) is 0 Å². The number of rotatable bonds is 5. The van der Waals surface area contributed by atoms with Crippen LogP contribution >= 0.6 is 0 Å². The number of amides is 1. The fourth-order valence-electron chi connectivity index (χ4n) is 1.22. The summed E-state index contributed by atoms with van der Waals surface area (Å²) in [5.41, 5.74) is -0.396. The smallest absolute Gasteiger partial charge is 0.242 e. The Morgan fingerprint density at radius 1 is 1.60 bits per heavy atom. The fraction of sp³-hybridized carbons (Fsp3) is 0.667. The van der Waals surface area contributed by atoms with Crippen LogP contribution in [0.15, 0.2) is 12.4 Å². The summed E-state index contributed by atoms with van der Waals surface area (Å²) in [5, 5.41) is 18.9. The summed E-state index contributed by atoms with van der Waals surface area (Å²) in [4.78, 5) is 11.5. The third kappa shape index (κ3) is 4.07. The van der Waals surface area contributed by atoms with E-state index in [1.165, 1.54) is 10.9 Å². The molecule has 15 heavy (non-hydrogen) atoms. The van der Waals surface area contributed by atoms with Crippen molar-refractivity contribution in [3.05, 3.63) is 12.4 Å². The van der Waals surface area contributed by atoms with Crippen LogP contribution in [0.25, 0.3) is 0 Å². The van der Waals surface area contributed by atoms with Gasteiger partial charge in [0, 0.05) is 18.3 Å². The molecule has 0 aliphatic rings. The molecule has 0 fully saturated rings. The number of hydrogen-bond donors (Lipinski definition) is 2. The summed E-state index contributed by atoms with van der Waals surface area (Å²) in [6.45, 7) is 3.93. The zero-order chi connectivity index (χ0) is 11.3. The maximum atomic E-state index is 11.5. The Bertz CT molecular complexity index is 308. The number of aliphatic hydroxyl groups excluding tert-OH is 1. The molecule has 0 bridgehead atoms. The SMILES string of the molecule is CC(C)(CCO)NC(=O)Cn1ccnn1. The Hall–Kier alpha value is -1.43. The van der Waals surface area contributed by atoms with Crippen molar-refractivity contribution in [3.8, 4) is 0 Å². The van der Waals surface area contributed by atoms with Crippen molar-refractivity contribution in [1.82, 2.24) is 20.3 Å². The van der Waals surface area contributed by atoms with Gasteiger partial charge in [0.2, 0.25) is 5.91 Å². The molecule has 6 heteroatoms. The van der Waals surface area contributed by atoms with Gasteiger partial charge in [-0.3, -0.25) is 4.79 Å². The highest BCUT2D eigenvalue weighted by atomic mass is 16.3. The van der Waals surface area contributed by atoms with Gasteiger partial charge in [-0.05, 0) is 20.3 Å². The molecule has 1 rings (SSSR count). The predicted molar refractivity (Wildman–Crippen MR) is 53.9 cm³/mol. The van der Waals surface area contributed by atoms with Crippen LogP contribution in [0, 0.1) is 0 Å². The minimum absolute atomic E-state index is 0.0522. The largest absolute Gasteiger partial charge is 0.396 e. The van der Waals surface area contributed by atoms with E-state index in [4.69, 9.17) is 5.11 Å². The van der Waals surface area contributed by atoms with Gasteiger partial charge in [-0.25, -0.2) is 4.68 Å². The van der Waals surface area contributed by atoms with E-state index < -0.39 is 5.54 Å². The Balaban J connectivity index is 2.42. The molecule has 1 heterocycles. The molecule has 1 amide bonds. The van der Waals surface area contributed by atoms with E-state index >= 15 is 0 Å². The lowest BCUT2D eigenvalue weighted by Gasteiger charge is -2.25. The van der Waals surface area contributed by atoms with Crippen molar-refractivity contribution in [2.45, 2.75) is 32.4 Å². The Kier molecular flexibility index (Phi) is 3.79. The molecule has 0 unspecified atom stereocenters. The molecule has 0 saturated heterocycles. The van der Waals surface area contributed by atoms with Gasteiger partial charge in [-0.2, -0.15) is 0 Å². The van der Waals surface area contributed by atoms with Crippen LogP contribution < -0.4 is 5.32 Å². The minimum Gasteiger partial charge on any atom is -0.396 e. The summed E-state index contributed by atoms with van der Waals surface area (Å²) in [5.74, 6) is -0.140. The topological polar surface area (TPSA) is 80.0 Å². The monoisotopic (exact) mass is 212 g/mol. The molecule has 2 N–H and O–H groups in total. The first-order chi connectivity index (χ1) is 7.03. The highest BCUT2D eigenvalue weighted by molar-refractivity contribution is 5.76. The van der Waals surface area contributed by atoms with E-state index in [-0.39, 0.29) is 19.1 Å². The lowest BCUT2D eigenvalue weighted by atomic mass is 10.0. The molecule has 84 valence electrons. The number of nitrogens with zero attached hydrogens (tertiary/aromatic N) is 3. The van der Waals surface area contributed by atoms with E-state index in [2.05, 4.69) is 15.6 Å². The molecular formula is C9H16N4O2. The standard InChI is InChI=1S/C9H16N4O2/c1-9(2,3-6-14)11-8(15)7-13-5-4-10-12-13/h4-5,14H,3,6-7H2,1-2H3,(H,11,15). The molecule has 0 atom stereocenters. The summed E-state index contributed by atoms with van der Waals surface area (Å²) < 4.78 is 1.45. The molecule has 0 saturated carbocycles. The van der Waals surface area contributed by atoms with Crippen molar-refractivity contribution in [1.29, 1.82) is 0 Å². The number of aromatic nitrogens is 3. The molecule has 0 aromatic carbocycles. The van der Waals surface area contributed by atoms with Crippen LogP contribution in [-0.2, 0) is 11.3 Å². The molecule has 1 aromatic rings. The second kappa shape index (κ2) is 4.88. The van der Waals surface area contributed by atoms with Gasteiger partial charge in [-0.15, -0.1) is 5.10 Å².